The molecule has 0 radical (unpaired) electrons. The van der Waals surface area contributed by atoms with Gasteiger partial charge in [-0.3, -0.25) is 0 Å². The first-order valence-corrected chi connectivity index (χ1v) is 16.9. The summed E-state index contributed by atoms with van der Waals surface area (Å²) in [6, 6.07) is 9.63. The molecule has 1 aromatic rings. The van der Waals surface area contributed by atoms with E-state index in [1.807, 2.05) is 0 Å². The zero-order valence-electron chi connectivity index (χ0n) is 23.4. The summed E-state index contributed by atoms with van der Waals surface area (Å²) in [5.74, 6) is 2.72. The lowest BCUT2D eigenvalue weighted by molar-refractivity contribution is -0.00000732. The molecule has 1 aromatic carbocycles. The molecule has 0 fully saturated rings. The van der Waals surface area contributed by atoms with Crippen molar-refractivity contribution in [1.29, 1.82) is 0 Å². The Hall–Kier alpha value is -0.140. The molecule has 0 aliphatic heterocycles. The number of halogens is 1. The third-order valence-electron chi connectivity index (χ3n) is 7.10. The molecule has 0 saturated carbocycles. The molecule has 0 amide bonds. The van der Waals surface area contributed by atoms with Crippen LogP contribution in [0.2, 0.25) is 0 Å². The predicted octanol–water partition coefficient (Wildman–Crippen LogP) is 7.82. The standard InChI is InChI=1S/C32H59S.ClH/c1-4-6-8-10-12-14-16-18-20-22-24-31-25-27-32(28-26-31)30-33(3)29-23-21-19-17-15-13-11-9-7-5-2;/h25-28H,4-24,29-30H2,1-3H3;1H/q+1;/p-1. The van der Waals surface area contributed by atoms with Crippen molar-refractivity contribution in [3.63, 3.8) is 0 Å². The highest BCUT2D eigenvalue weighted by molar-refractivity contribution is 7.95. The molecule has 1 unspecified atom stereocenters. The second-order valence-electron chi connectivity index (χ2n) is 10.6. The van der Waals surface area contributed by atoms with Crippen LogP contribution in [0.5, 0.6) is 0 Å². The summed E-state index contributed by atoms with van der Waals surface area (Å²) in [4.78, 5) is 0. The largest absolute Gasteiger partial charge is 1.00 e. The fraction of sp³-hybridized carbons (Fsp3) is 0.812. The van der Waals surface area contributed by atoms with Crippen LogP contribution < -0.4 is 12.4 Å². The van der Waals surface area contributed by atoms with Gasteiger partial charge in [0.1, 0.15) is 11.5 Å². The average Bonchev–Trinajstić information content (AvgIpc) is 2.82. The minimum Gasteiger partial charge on any atom is -1.00 e. The number of hydrogen-bond donors (Lipinski definition) is 0. The Balaban J connectivity index is 0.0000109. The van der Waals surface area contributed by atoms with E-state index in [-0.39, 0.29) is 12.4 Å². The van der Waals surface area contributed by atoms with Gasteiger partial charge in [-0.1, -0.05) is 147 Å². The van der Waals surface area contributed by atoms with Crippen molar-refractivity contribution < 1.29 is 12.4 Å². The molecule has 0 N–H and O–H groups in total. The maximum atomic E-state index is 2.48. The fourth-order valence-corrected chi connectivity index (χ4v) is 6.41. The SMILES string of the molecule is CCCCCCCCCCCCc1ccc(C[S+](C)CCCCCCCCCCCC)cc1.[Cl-]. The topological polar surface area (TPSA) is 0 Å². The van der Waals surface area contributed by atoms with Crippen LogP contribution in [0.4, 0.5) is 0 Å². The molecule has 0 spiro atoms. The Morgan fingerprint density at radius 1 is 0.471 bits per heavy atom. The number of aryl methyl sites for hydroxylation is 1. The van der Waals surface area contributed by atoms with Crippen molar-refractivity contribution in [1.82, 2.24) is 0 Å². The molecule has 0 nitrogen and oxygen atoms in total. The summed E-state index contributed by atoms with van der Waals surface area (Å²) in [7, 11) is 0.546. The quantitative estimate of drug-likeness (QED) is 0.0981. The van der Waals surface area contributed by atoms with Crippen molar-refractivity contribution in [3.05, 3.63) is 35.4 Å². The molecule has 34 heavy (non-hydrogen) atoms. The molecule has 0 heterocycles. The molecular formula is C32H59ClS. The molecule has 0 aliphatic carbocycles. The lowest BCUT2D eigenvalue weighted by Gasteiger charge is -2.07. The van der Waals surface area contributed by atoms with Gasteiger partial charge in [0, 0.05) is 5.56 Å². The Morgan fingerprint density at radius 3 is 1.26 bits per heavy atom. The van der Waals surface area contributed by atoms with E-state index in [0.717, 1.165) is 0 Å². The van der Waals surface area contributed by atoms with E-state index in [1.165, 1.54) is 146 Å². The maximum Gasteiger partial charge on any atom is 0.132 e. The highest BCUT2D eigenvalue weighted by atomic mass is 35.5. The van der Waals surface area contributed by atoms with E-state index in [1.54, 1.807) is 11.1 Å². The summed E-state index contributed by atoms with van der Waals surface area (Å²) in [5.41, 5.74) is 3.10. The Kier molecular flexibility index (Phi) is 25.8. The Morgan fingerprint density at radius 2 is 0.824 bits per heavy atom. The summed E-state index contributed by atoms with van der Waals surface area (Å²) >= 11 is 0. The molecule has 0 aliphatic rings. The van der Waals surface area contributed by atoms with Gasteiger partial charge in [-0.2, -0.15) is 0 Å². The van der Waals surface area contributed by atoms with Gasteiger partial charge in [0.15, 0.2) is 0 Å². The first-order valence-electron chi connectivity index (χ1n) is 14.9. The maximum absolute atomic E-state index is 2.48. The van der Waals surface area contributed by atoms with E-state index in [2.05, 4.69) is 44.4 Å². The smallest absolute Gasteiger partial charge is 0.132 e. The minimum atomic E-state index is 0. The second kappa shape index (κ2) is 25.9. The van der Waals surface area contributed by atoms with E-state index >= 15 is 0 Å². The van der Waals surface area contributed by atoms with Crippen LogP contribution >= 0.6 is 0 Å². The van der Waals surface area contributed by atoms with Crippen molar-refractivity contribution in [3.8, 4) is 0 Å². The fourth-order valence-electron chi connectivity index (χ4n) is 4.81. The average molecular weight is 511 g/mol. The van der Waals surface area contributed by atoms with Gasteiger partial charge >= 0.3 is 0 Å². The Labute approximate surface area is 224 Å². The van der Waals surface area contributed by atoms with E-state index in [9.17, 15) is 0 Å². The predicted molar refractivity (Wildman–Crippen MR) is 156 cm³/mol. The number of rotatable bonds is 24. The van der Waals surface area contributed by atoms with Crippen LogP contribution in [0.1, 0.15) is 153 Å². The van der Waals surface area contributed by atoms with Crippen LogP contribution in [-0.4, -0.2) is 12.0 Å². The van der Waals surface area contributed by atoms with Gasteiger partial charge in [0.05, 0.1) is 6.26 Å². The number of hydrogen-bond acceptors (Lipinski definition) is 0. The minimum absolute atomic E-state index is 0. The zero-order chi connectivity index (χ0) is 23.8. The second-order valence-corrected chi connectivity index (χ2v) is 12.8. The molecule has 1 rings (SSSR count). The third kappa shape index (κ3) is 21.2. The highest BCUT2D eigenvalue weighted by Crippen LogP contribution is 2.16. The van der Waals surface area contributed by atoms with Gasteiger partial charge in [0.2, 0.25) is 0 Å². The third-order valence-corrected chi connectivity index (χ3v) is 8.91. The summed E-state index contributed by atoms with van der Waals surface area (Å²) in [5, 5.41) is 0. The van der Waals surface area contributed by atoms with Crippen LogP contribution in [0.3, 0.4) is 0 Å². The molecule has 200 valence electrons. The van der Waals surface area contributed by atoms with Gasteiger partial charge in [-0.15, -0.1) is 0 Å². The molecule has 0 saturated heterocycles. The van der Waals surface area contributed by atoms with Crippen molar-refractivity contribution in [2.24, 2.45) is 0 Å². The molecule has 0 aromatic heterocycles. The molecular weight excluding hydrogens is 452 g/mol. The van der Waals surface area contributed by atoms with E-state index in [4.69, 9.17) is 0 Å². The van der Waals surface area contributed by atoms with Crippen LogP contribution in [-0.2, 0) is 23.1 Å². The first kappa shape index (κ1) is 33.9. The molecule has 2 heteroatoms. The van der Waals surface area contributed by atoms with Crippen LogP contribution in [0.15, 0.2) is 24.3 Å². The van der Waals surface area contributed by atoms with Crippen LogP contribution in [0, 0.1) is 0 Å². The highest BCUT2D eigenvalue weighted by Gasteiger charge is 2.11. The summed E-state index contributed by atoms with van der Waals surface area (Å²) < 4.78 is 0. The summed E-state index contributed by atoms with van der Waals surface area (Å²) in [6.07, 6.45) is 32.5. The van der Waals surface area contributed by atoms with Gasteiger partial charge < -0.3 is 12.4 Å². The molecule has 0 bridgehead atoms. The van der Waals surface area contributed by atoms with Crippen LogP contribution in [0.25, 0.3) is 0 Å². The normalized spacial score (nSPS) is 12.0. The van der Waals surface area contributed by atoms with Gasteiger partial charge in [-0.25, -0.2) is 0 Å². The van der Waals surface area contributed by atoms with Crippen molar-refractivity contribution in [2.75, 3.05) is 12.0 Å². The van der Waals surface area contributed by atoms with Gasteiger partial charge in [-0.05, 0) is 42.1 Å². The monoisotopic (exact) mass is 510 g/mol. The number of benzene rings is 1. The lowest BCUT2D eigenvalue weighted by Crippen LogP contribution is -3.00. The number of unbranched alkanes of at least 4 members (excludes halogenated alkanes) is 18. The van der Waals surface area contributed by atoms with E-state index in [0.29, 0.717) is 10.9 Å². The van der Waals surface area contributed by atoms with Crippen molar-refractivity contribution >= 4 is 10.9 Å². The van der Waals surface area contributed by atoms with Gasteiger partial charge in [0.25, 0.3) is 0 Å². The molecule has 1 atom stereocenters. The van der Waals surface area contributed by atoms with Crippen molar-refractivity contribution in [2.45, 2.75) is 154 Å². The van der Waals surface area contributed by atoms with E-state index < -0.39 is 0 Å². The Bertz CT molecular complexity index is 512. The lowest BCUT2D eigenvalue weighted by atomic mass is 10.0. The summed E-state index contributed by atoms with van der Waals surface area (Å²) in [6.45, 7) is 4.60. The first-order chi connectivity index (χ1) is 16.3. The zero-order valence-corrected chi connectivity index (χ0v) is 24.9.